The second kappa shape index (κ2) is 22.6. The van der Waals surface area contributed by atoms with Crippen molar-refractivity contribution in [3.05, 3.63) is 23.8 Å². The zero-order chi connectivity index (χ0) is 42.6. The normalized spacial score (nSPS) is 29.8. The Hall–Kier alpha value is -1.89. The fraction of sp³-hybridized carbons (Fsp3) is 0.848. The lowest BCUT2D eigenvalue weighted by Gasteiger charge is -2.48. The molecule has 3 heterocycles. The molecule has 57 heavy (non-hydrogen) atoms. The first kappa shape index (κ1) is 49.5. The highest BCUT2D eigenvalue weighted by Crippen LogP contribution is 2.43. The molecule has 3 aliphatic heterocycles. The van der Waals surface area contributed by atoms with Gasteiger partial charge in [0.25, 0.3) is 0 Å². The molecule has 0 unspecified atom stereocenters. The Morgan fingerprint density at radius 1 is 0.930 bits per heavy atom. The number of carbonyl (C=O) groups is 3. The summed E-state index contributed by atoms with van der Waals surface area (Å²) in [5, 5.41) is 16.1. The van der Waals surface area contributed by atoms with Gasteiger partial charge in [0.05, 0.1) is 49.0 Å². The maximum atomic E-state index is 13.7. The first-order chi connectivity index (χ1) is 26.6. The minimum Gasteiger partial charge on any atom is -0.411 e. The quantitative estimate of drug-likeness (QED) is 0.0481. The lowest BCUT2D eigenvalue weighted by Crippen LogP contribution is -2.52. The Kier molecular flexibility index (Phi) is 19.6. The smallest absolute Gasteiger partial charge is 0.225 e. The van der Waals surface area contributed by atoms with E-state index in [1.807, 2.05) is 27.7 Å². The van der Waals surface area contributed by atoms with E-state index in [4.69, 9.17) is 18.6 Å². The monoisotopic (exact) mass is 819 g/mol. The van der Waals surface area contributed by atoms with Crippen LogP contribution in [0.1, 0.15) is 153 Å². The number of nitrogens with one attached hydrogen (secondary N) is 2. The van der Waals surface area contributed by atoms with E-state index in [2.05, 4.69) is 71.3 Å². The van der Waals surface area contributed by atoms with Crippen molar-refractivity contribution in [2.75, 3.05) is 13.1 Å². The van der Waals surface area contributed by atoms with E-state index in [0.717, 1.165) is 76.2 Å². The maximum Gasteiger partial charge on any atom is 0.225 e. The molecular formula is C46H82N2O8Si. The number of aliphatic hydroxyl groups excluding tert-OH is 1. The number of rotatable bonds is 20. The molecule has 11 heteroatoms. The first-order valence-corrected chi connectivity index (χ1v) is 25.3. The highest BCUT2D eigenvalue weighted by molar-refractivity contribution is 6.74. The molecule has 3 rings (SSSR count). The predicted octanol–water partition coefficient (Wildman–Crippen LogP) is 8.96. The Labute approximate surface area is 347 Å². The van der Waals surface area contributed by atoms with Crippen molar-refractivity contribution in [1.82, 2.24) is 10.6 Å². The van der Waals surface area contributed by atoms with Gasteiger partial charge in [-0.15, -0.1) is 0 Å². The molecule has 3 saturated heterocycles. The second-order valence-electron chi connectivity index (χ2n) is 19.5. The topological polar surface area (TPSA) is 132 Å². The number of hydrogen-bond acceptors (Lipinski definition) is 8. The van der Waals surface area contributed by atoms with E-state index >= 15 is 0 Å². The van der Waals surface area contributed by atoms with Crippen LogP contribution in [-0.4, -0.2) is 86.5 Å². The summed E-state index contributed by atoms with van der Waals surface area (Å²) in [5.74, 6) is -0.138. The average molecular weight is 819 g/mol. The zero-order valence-corrected chi connectivity index (χ0v) is 38.9. The third-order valence-electron chi connectivity index (χ3n) is 13.4. The average Bonchev–Trinajstić information content (AvgIpc) is 3.13. The molecule has 0 aliphatic carbocycles. The Morgan fingerprint density at radius 2 is 1.63 bits per heavy atom. The van der Waals surface area contributed by atoms with Gasteiger partial charge in [0.2, 0.25) is 11.8 Å². The molecule has 10 nitrogen and oxygen atoms in total. The van der Waals surface area contributed by atoms with Gasteiger partial charge in [0, 0.05) is 32.4 Å². The molecule has 328 valence electrons. The van der Waals surface area contributed by atoms with Crippen molar-refractivity contribution in [3.8, 4) is 0 Å². The van der Waals surface area contributed by atoms with Crippen LogP contribution in [0.4, 0.5) is 0 Å². The third kappa shape index (κ3) is 15.9. The number of amides is 2. The lowest BCUT2D eigenvalue weighted by molar-refractivity contribution is -0.324. The van der Waals surface area contributed by atoms with Crippen LogP contribution < -0.4 is 10.6 Å². The molecule has 0 saturated carbocycles. The summed E-state index contributed by atoms with van der Waals surface area (Å²) < 4.78 is 26.6. The standard InChI is InChI=1S/C46H82N2O8Si/c1-13-16-37(50)28-39-22-20-32(3)41(53-39)29-43(51)48-30-42(56-57(11,12)45(8,9)10)35(6)44(52)47-26-15-18-40-33(4)23-25-46(55-40)24-14-17-38(54-46)21-19-31(2)27-34(5)36(7)49/h13,16,27,31-33,35-36,38-42,49H,14-15,17-26,28-30H2,1-12H3,(H,47,52)(H,48,51)/b16-13+,34-27+/t31-,32+,33-,35-,36-,38-,39-,40+,41+,42+,46-/m0/s1. The molecule has 0 radical (unpaired) electrons. The zero-order valence-electron chi connectivity index (χ0n) is 37.9. The summed E-state index contributed by atoms with van der Waals surface area (Å²) in [4.78, 5) is 39.2. The molecule has 3 fully saturated rings. The van der Waals surface area contributed by atoms with E-state index in [9.17, 15) is 19.5 Å². The summed E-state index contributed by atoms with van der Waals surface area (Å²) >= 11 is 0. The van der Waals surface area contributed by atoms with Crippen LogP contribution >= 0.6 is 0 Å². The van der Waals surface area contributed by atoms with Gasteiger partial charge in [-0.05, 0) is 126 Å². The van der Waals surface area contributed by atoms with Crippen LogP contribution in [0.15, 0.2) is 23.8 Å². The van der Waals surface area contributed by atoms with E-state index in [-0.39, 0.29) is 65.9 Å². The van der Waals surface area contributed by atoms with Gasteiger partial charge < -0.3 is 34.4 Å². The number of carbonyl (C=O) groups excluding carboxylic acids is 3. The number of ketones is 1. The number of ether oxygens (including phenoxy) is 3. The van der Waals surface area contributed by atoms with Crippen LogP contribution in [0.25, 0.3) is 0 Å². The van der Waals surface area contributed by atoms with Crippen LogP contribution in [-0.2, 0) is 33.0 Å². The third-order valence-corrected chi connectivity index (χ3v) is 17.9. The van der Waals surface area contributed by atoms with Gasteiger partial charge in [-0.2, -0.15) is 0 Å². The molecule has 1 spiro atoms. The van der Waals surface area contributed by atoms with Crippen molar-refractivity contribution in [2.45, 2.75) is 213 Å². The SMILES string of the molecule is C/C=C/C(=O)C[C@@H]1CC[C@@H](C)[C@@H](CC(=O)NC[C@@H](O[Si](C)(C)C(C)(C)C)[C@H](C)C(=O)NCCC[C@H]2O[C@@]3(CCC[C@@H](CC[C@H](C)/C=C(\C)[C@H](C)O)O3)CC[C@@H]2C)O1. The summed E-state index contributed by atoms with van der Waals surface area (Å²) in [6.45, 7) is 25.8. The molecule has 11 atom stereocenters. The number of aliphatic hydroxyl groups is 1. The van der Waals surface area contributed by atoms with Crippen LogP contribution in [0, 0.1) is 23.7 Å². The molecule has 0 bridgehead atoms. The van der Waals surface area contributed by atoms with E-state index in [1.54, 1.807) is 12.2 Å². The predicted molar refractivity (Wildman–Crippen MR) is 231 cm³/mol. The molecule has 2 amide bonds. The van der Waals surface area contributed by atoms with Gasteiger partial charge in [0.15, 0.2) is 19.9 Å². The van der Waals surface area contributed by atoms with Gasteiger partial charge in [0.1, 0.15) is 0 Å². The maximum absolute atomic E-state index is 13.7. The van der Waals surface area contributed by atoms with E-state index < -0.39 is 32.2 Å². The Balaban J connectivity index is 1.53. The van der Waals surface area contributed by atoms with Crippen LogP contribution in [0.3, 0.4) is 0 Å². The van der Waals surface area contributed by atoms with Crippen molar-refractivity contribution in [3.63, 3.8) is 0 Å². The lowest BCUT2D eigenvalue weighted by atomic mass is 9.85. The highest BCUT2D eigenvalue weighted by atomic mass is 28.4. The van der Waals surface area contributed by atoms with Crippen molar-refractivity contribution < 1.29 is 38.1 Å². The molecule has 0 aromatic carbocycles. The highest BCUT2D eigenvalue weighted by Gasteiger charge is 2.45. The Bertz CT molecular complexity index is 1340. The number of hydrogen-bond donors (Lipinski definition) is 3. The first-order valence-electron chi connectivity index (χ1n) is 22.4. The fourth-order valence-electron chi connectivity index (χ4n) is 8.19. The van der Waals surface area contributed by atoms with Crippen molar-refractivity contribution in [1.29, 1.82) is 0 Å². The van der Waals surface area contributed by atoms with Gasteiger partial charge >= 0.3 is 0 Å². The van der Waals surface area contributed by atoms with Crippen LogP contribution in [0.2, 0.25) is 18.1 Å². The second-order valence-corrected chi connectivity index (χ2v) is 24.3. The molecule has 0 aromatic rings. The summed E-state index contributed by atoms with van der Waals surface area (Å²) in [7, 11) is -2.28. The fourth-order valence-corrected chi connectivity index (χ4v) is 9.59. The Morgan fingerprint density at radius 3 is 2.30 bits per heavy atom. The van der Waals surface area contributed by atoms with Crippen molar-refractivity contribution in [2.24, 2.45) is 23.7 Å². The van der Waals surface area contributed by atoms with Gasteiger partial charge in [-0.25, -0.2) is 0 Å². The minimum atomic E-state index is -2.28. The molecular weight excluding hydrogens is 737 g/mol. The summed E-state index contributed by atoms with van der Waals surface area (Å²) in [6.07, 6.45) is 15.4. The van der Waals surface area contributed by atoms with Gasteiger partial charge in [-0.1, -0.05) is 60.6 Å². The van der Waals surface area contributed by atoms with E-state index in [0.29, 0.717) is 24.8 Å². The largest absolute Gasteiger partial charge is 0.411 e. The minimum absolute atomic E-state index is 0.0432. The molecule has 0 aromatic heterocycles. The number of allylic oxidation sites excluding steroid dienone is 3. The van der Waals surface area contributed by atoms with Crippen LogP contribution in [0.5, 0.6) is 0 Å². The van der Waals surface area contributed by atoms with Gasteiger partial charge in [-0.3, -0.25) is 14.4 Å². The molecule has 3 aliphatic rings. The van der Waals surface area contributed by atoms with E-state index in [1.165, 1.54) is 0 Å². The summed E-state index contributed by atoms with van der Waals surface area (Å²) in [5.41, 5.74) is 1.02. The molecule has 3 N–H and O–H groups in total. The van der Waals surface area contributed by atoms with Crippen molar-refractivity contribution >= 4 is 25.9 Å². The summed E-state index contributed by atoms with van der Waals surface area (Å²) in [6, 6.07) is 0.